The Morgan fingerprint density at radius 3 is 2.29 bits per heavy atom. The third-order valence-corrected chi connectivity index (χ3v) is 4.35. The predicted molar refractivity (Wildman–Crippen MR) is 87.8 cm³/mol. The molecule has 2 aliphatic rings. The molecule has 2 heterocycles. The van der Waals surface area contributed by atoms with Crippen molar-refractivity contribution in [3.8, 4) is 0 Å². The number of rotatable bonds is 3. The third kappa shape index (κ3) is 3.71. The molecule has 3 rings (SSSR count). The Balaban J connectivity index is 1.55. The maximum absolute atomic E-state index is 12.3. The number of carbonyl (C=O) groups is 3. The van der Waals surface area contributed by atoms with Crippen molar-refractivity contribution in [2.24, 2.45) is 0 Å². The van der Waals surface area contributed by atoms with E-state index in [1.807, 2.05) is 30.3 Å². The Labute approximate surface area is 140 Å². The smallest absolute Gasteiger partial charge is 0.255 e. The van der Waals surface area contributed by atoms with E-state index in [2.05, 4.69) is 0 Å². The summed E-state index contributed by atoms with van der Waals surface area (Å²) < 4.78 is 4.93. The van der Waals surface area contributed by atoms with E-state index in [4.69, 9.17) is 4.74 Å². The summed E-state index contributed by atoms with van der Waals surface area (Å²) in [6.07, 6.45) is 4.59. The van der Waals surface area contributed by atoms with Gasteiger partial charge in [0.25, 0.3) is 11.8 Å². The largest absolute Gasteiger partial charge is 0.362 e. The minimum Gasteiger partial charge on any atom is -0.362 e. The highest BCUT2D eigenvalue weighted by Gasteiger charge is 2.35. The lowest BCUT2D eigenvalue weighted by molar-refractivity contribution is -0.162. The first-order valence-corrected chi connectivity index (χ1v) is 8.10. The molecule has 2 fully saturated rings. The zero-order valence-corrected chi connectivity index (χ0v) is 13.4. The number of likely N-dealkylation sites (tertiary alicyclic amines) is 1. The SMILES string of the molecule is O=C(/C=C/c1ccccc1)N1CCC(N2C(=O)COCC2=O)CC1. The van der Waals surface area contributed by atoms with E-state index in [1.54, 1.807) is 17.1 Å². The van der Waals surface area contributed by atoms with Crippen LogP contribution in [0.4, 0.5) is 0 Å². The van der Waals surface area contributed by atoms with Gasteiger partial charge in [-0.2, -0.15) is 0 Å². The summed E-state index contributed by atoms with van der Waals surface area (Å²) in [5, 5.41) is 0. The molecule has 0 unspecified atom stereocenters. The lowest BCUT2D eigenvalue weighted by Gasteiger charge is -2.38. The van der Waals surface area contributed by atoms with Gasteiger partial charge in [0.05, 0.1) is 0 Å². The van der Waals surface area contributed by atoms with Gasteiger partial charge >= 0.3 is 0 Å². The molecular formula is C18H20N2O4. The van der Waals surface area contributed by atoms with Gasteiger partial charge in [0.2, 0.25) is 5.91 Å². The number of imide groups is 1. The second kappa shape index (κ2) is 7.40. The van der Waals surface area contributed by atoms with Gasteiger partial charge in [0, 0.05) is 25.2 Å². The van der Waals surface area contributed by atoms with Gasteiger partial charge in [0.15, 0.2) is 0 Å². The lowest BCUT2D eigenvalue weighted by atomic mass is 10.0. The molecule has 0 atom stereocenters. The molecule has 126 valence electrons. The van der Waals surface area contributed by atoms with Crippen LogP contribution in [-0.2, 0) is 19.1 Å². The van der Waals surface area contributed by atoms with Gasteiger partial charge in [-0.1, -0.05) is 30.3 Å². The normalized spacial score (nSPS) is 20.0. The Morgan fingerprint density at radius 1 is 1.04 bits per heavy atom. The topological polar surface area (TPSA) is 66.9 Å². The number of hydrogen-bond donors (Lipinski definition) is 0. The zero-order chi connectivity index (χ0) is 16.9. The third-order valence-electron chi connectivity index (χ3n) is 4.35. The summed E-state index contributed by atoms with van der Waals surface area (Å²) in [6, 6.07) is 9.52. The summed E-state index contributed by atoms with van der Waals surface area (Å²) in [6.45, 7) is 1.01. The van der Waals surface area contributed by atoms with Crippen LogP contribution >= 0.6 is 0 Å². The molecule has 24 heavy (non-hydrogen) atoms. The Morgan fingerprint density at radius 2 is 1.67 bits per heavy atom. The van der Waals surface area contributed by atoms with Gasteiger partial charge in [-0.25, -0.2) is 0 Å². The maximum atomic E-state index is 12.3. The van der Waals surface area contributed by atoms with E-state index in [1.165, 1.54) is 4.90 Å². The number of piperidine rings is 1. The molecule has 0 saturated carbocycles. The van der Waals surface area contributed by atoms with Gasteiger partial charge in [0.1, 0.15) is 13.2 Å². The summed E-state index contributed by atoms with van der Waals surface area (Å²) in [7, 11) is 0. The Hall–Kier alpha value is -2.47. The highest BCUT2D eigenvalue weighted by atomic mass is 16.5. The van der Waals surface area contributed by atoms with Crippen LogP contribution in [0.25, 0.3) is 6.08 Å². The van der Waals surface area contributed by atoms with Crippen molar-refractivity contribution >= 4 is 23.8 Å². The minimum absolute atomic E-state index is 0.0370. The quantitative estimate of drug-likeness (QED) is 0.615. The van der Waals surface area contributed by atoms with E-state index in [9.17, 15) is 14.4 Å². The summed E-state index contributed by atoms with van der Waals surface area (Å²) >= 11 is 0. The molecule has 2 saturated heterocycles. The van der Waals surface area contributed by atoms with Crippen LogP contribution in [0.2, 0.25) is 0 Å². The van der Waals surface area contributed by atoms with Crippen molar-refractivity contribution in [3.63, 3.8) is 0 Å². The summed E-state index contributed by atoms with van der Waals surface area (Å²) in [4.78, 5) is 39.1. The molecule has 0 N–H and O–H groups in total. The molecule has 0 bridgehead atoms. The predicted octanol–water partition coefficient (Wildman–Crippen LogP) is 1.08. The van der Waals surface area contributed by atoms with Crippen molar-refractivity contribution in [1.82, 2.24) is 9.80 Å². The van der Waals surface area contributed by atoms with Crippen LogP contribution in [0.15, 0.2) is 36.4 Å². The first-order valence-electron chi connectivity index (χ1n) is 8.10. The van der Waals surface area contributed by atoms with Crippen LogP contribution in [0, 0.1) is 0 Å². The van der Waals surface area contributed by atoms with Crippen LogP contribution in [-0.4, -0.2) is 59.9 Å². The molecule has 0 radical (unpaired) electrons. The van der Waals surface area contributed by atoms with Crippen LogP contribution in [0.5, 0.6) is 0 Å². The number of carbonyl (C=O) groups excluding carboxylic acids is 3. The number of ether oxygens (including phenoxy) is 1. The van der Waals surface area contributed by atoms with E-state index >= 15 is 0 Å². The molecule has 0 spiro atoms. The second-order valence-corrected chi connectivity index (χ2v) is 5.95. The van der Waals surface area contributed by atoms with E-state index in [0.717, 1.165) is 5.56 Å². The standard InChI is InChI=1S/C18H20N2O4/c21-16(7-6-14-4-2-1-3-5-14)19-10-8-15(9-11-19)20-17(22)12-24-13-18(20)23/h1-7,15H,8-13H2/b7-6+. The van der Waals surface area contributed by atoms with Gasteiger partial charge in [-0.05, 0) is 24.5 Å². The molecule has 6 heteroatoms. The molecule has 1 aromatic rings. The fourth-order valence-corrected chi connectivity index (χ4v) is 3.09. The molecule has 3 amide bonds. The summed E-state index contributed by atoms with van der Waals surface area (Å²) in [5.41, 5.74) is 0.977. The van der Waals surface area contributed by atoms with Crippen molar-refractivity contribution in [3.05, 3.63) is 42.0 Å². The number of amides is 3. The number of hydrogen-bond acceptors (Lipinski definition) is 4. The molecular weight excluding hydrogens is 308 g/mol. The van der Waals surface area contributed by atoms with Crippen molar-refractivity contribution in [2.75, 3.05) is 26.3 Å². The van der Waals surface area contributed by atoms with Crippen LogP contribution in [0.1, 0.15) is 18.4 Å². The molecule has 6 nitrogen and oxygen atoms in total. The monoisotopic (exact) mass is 328 g/mol. The first kappa shape index (κ1) is 16.4. The fourth-order valence-electron chi connectivity index (χ4n) is 3.09. The average Bonchev–Trinajstić information content (AvgIpc) is 2.61. The van der Waals surface area contributed by atoms with Gasteiger partial charge in [-0.15, -0.1) is 0 Å². The minimum atomic E-state index is -0.278. The first-order chi connectivity index (χ1) is 11.6. The van der Waals surface area contributed by atoms with Crippen molar-refractivity contribution < 1.29 is 19.1 Å². The van der Waals surface area contributed by atoms with E-state index in [0.29, 0.717) is 25.9 Å². The van der Waals surface area contributed by atoms with Gasteiger partial charge in [-0.3, -0.25) is 19.3 Å². The Kier molecular flexibility index (Phi) is 5.05. The second-order valence-electron chi connectivity index (χ2n) is 5.95. The van der Waals surface area contributed by atoms with Gasteiger partial charge < -0.3 is 9.64 Å². The van der Waals surface area contributed by atoms with Crippen LogP contribution < -0.4 is 0 Å². The lowest BCUT2D eigenvalue weighted by Crippen LogP contribution is -2.55. The highest BCUT2D eigenvalue weighted by Crippen LogP contribution is 2.19. The van der Waals surface area contributed by atoms with E-state index in [-0.39, 0.29) is 37.0 Å². The number of nitrogens with zero attached hydrogens (tertiary/aromatic N) is 2. The van der Waals surface area contributed by atoms with E-state index < -0.39 is 0 Å². The molecule has 1 aromatic carbocycles. The zero-order valence-electron chi connectivity index (χ0n) is 13.4. The summed E-state index contributed by atoms with van der Waals surface area (Å²) in [5.74, 6) is -0.600. The number of morpholine rings is 1. The number of benzene rings is 1. The maximum Gasteiger partial charge on any atom is 0.255 e. The molecule has 2 aliphatic heterocycles. The average molecular weight is 328 g/mol. The molecule has 0 aliphatic carbocycles. The Bertz CT molecular complexity index is 632. The molecule has 0 aromatic heterocycles. The van der Waals surface area contributed by atoms with Crippen LogP contribution in [0.3, 0.4) is 0 Å². The van der Waals surface area contributed by atoms with Crippen molar-refractivity contribution in [1.29, 1.82) is 0 Å². The fraction of sp³-hybridized carbons (Fsp3) is 0.389. The van der Waals surface area contributed by atoms with Crippen molar-refractivity contribution in [2.45, 2.75) is 18.9 Å². The highest BCUT2D eigenvalue weighted by molar-refractivity contribution is 5.98.